The Labute approximate surface area is 389 Å². The summed E-state index contributed by atoms with van der Waals surface area (Å²) in [6.45, 7) is 18.6. The normalized spacial score (nSPS) is 20.9. The fourth-order valence-electron chi connectivity index (χ4n) is 10.0. The third-order valence-electron chi connectivity index (χ3n) is 14.1. The van der Waals surface area contributed by atoms with Gasteiger partial charge >= 0.3 is 11.7 Å². The largest absolute Gasteiger partial charge is 0.463 e. The van der Waals surface area contributed by atoms with Crippen molar-refractivity contribution < 1.29 is 33.7 Å². The average Bonchev–Trinajstić information content (AvgIpc) is 4.06. The highest BCUT2D eigenvalue weighted by Gasteiger charge is 2.41. The lowest BCUT2D eigenvalue weighted by Crippen LogP contribution is -2.41. The summed E-state index contributed by atoms with van der Waals surface area (Å²) >= 11 is 0. The third kappa shape index (κ3) is 8.86. The molecular formula is C51H63N7O9. The number of ether oxygens (including phenoxy) is 3. The number of nitrogens with zero attached hydrogens (tertiary/aromatic N) is 4. The minimum Gasteiger partial charge on any atom is -0.463 e. The van der Waals surface area contributed by atoms with E-state index in [0.29, 0.717) is 57.7 Å². The van der Waals surface area contributed by atoms with E-state index in [2.05, 4.69) is 55.6 Å². The molecule has 0 saturated carbocycles. The number of esters is 1. The highest BCUT2D eigenvalue weighted by atomic mass is 16.6. The van der Waals surface area contributed by atoms with E-state index in [9.17, 15) is 29.1 Å². The van der Waals surface area contributed by atoms with Gasteiger partial charge in [-0.2, -0.15) is 0 Å². The molecule has 356 valence electrons. The van der Waals surface area contributed by atoms with Gasteiger partial charge in [0, 0.05) is 77.4 Å². The number of aromatic nitrogens is 6. The van der Waals surface area contributed by atoms with E-state index in [0.717, 1.165) is 70.4 Å². The Kier molecular flexibility index (Phi) is 13.7. The Morgan fingerprint density at radius 3 is 2.36 bits per heavy atom. The monoisotopic (exact) mass is 917 g/mol. The highest BCUT2D eigenvalue weighted by Crippen LogP contribution is 2.45. The van der Waals surface area contributed by atoms with Crippen molar-refractivity contribution in [3.8, 4) is 0 Å². The molecule has 4 aromatic heterocycles. The first-order valence-electron chi connectivity index (χ1n) is 23.8. The van der Waals surface area contributed by atoms with Crippen LogP contribution in [0, 0.1) is 20.8 Å². The fourth-order valence-corrected chi connectivity index (χ4v) is 10.0. The lowest BCUT2D eigenvalue weighted by Gasteiger charge is -2.27. The van der Waals surface area contributed by atoms with Gasteiger partial charge in [0.2, 0.25) is 0 Å². The molecule has 8 heterocycles. The van der Waals surface area contributed by atoms with Crippen molar-refractivity contribution in [3.05, 3.63) is 101 Å². The zero-order valence-corrected chi connectivity index (χ0v) is 40.1. The number of aromatic amines is 3. The third-order valence-corrected chi connectivity index (χ3v) is 14.1. The summed E-state index contributed by atoms with van der Waals surface area (Å²) in [7, 11) is 0. The van der Waals surface area contributed by atoms with Gasteiger partial charge < -0.3 is 29.3 Å². The summed E-state index contributed by atoms with van der Waals surface area (Å²) < 4.78 is 19.3. The number of H-pyrrole nitrogens is 3. The van der Waals surface area contributed by atoms with Crippen molar-refractivity contribution in [2.45, 2.75) is 150 Å². The van der Waals surface area contributed by atoms with Crippen molar-refractivity contribution in [1.82, 2.24) is 34.4 Å². The number of fused-ring (bicyclic) bond motifs is 8. The van der Waals surface area contributed by atoms with Crippen molar-refractivity contribution in [2.75, 3.05) is 19.8 Å². The van der Waals surface area contributed by atoms with E-state index in [1.165, 1.54) is 15.7 Å². The lowest BCUT2D eigenvalue weighted by atomic mass is 9.84. The molecule has 1 fully saturated rings. The van der Waals surface area contributed by atoms with Gasteiger partial charge in [0.1, 0.15) is 18.9 Å². The molecule has 4 aliphatic rings. The molecule has 8 rings (SSSR count). The smallest absolute Gasteiger partial charge is 0.330 e. The first-order chi connectivity index (χ1) is 32.1. The second-order valence-electron chi connectivity index (χ2n) is 18.5. The van der Waals surface area contributed by atoms with E-state index >= 15 is 0 Å². The molecular weight excluding hydrogens is 855 g/mol. The second kappa shape index (κ2) is 19.3. The molecule has 67 heavy (non-hydrogen) atoms. The predicted octanol–water partition coefficient (Wildman–Crippen LogP) is 8.26. The number of hydrogen-bond donors (Lipinski definition) is 4. The molecule has 6 atom stereocenters. The molecule has 0 radical (unpaired) electrons. The Bertz CT molecular complexity index is 2960. The molecule has 0 spiro atoms. The number of aliphatic hydroxyl groups excluding tert-OH is 1. The second-order valence-corrected chi connectivity index (χ2v) is 18.5. The van der Waals surface area contributed by atoms with Crippen molar-refractivity contribution >= 4 is 51.0 Å². The van der Waals surface area contributed by atoms with Gasteiger partial charge in [0.25, 0.3) is 17.4 Å². The van der Waals surface area contributed by atoms with Crippen LogP contribution in [-0.4, -0.2) is 89.2 Å². The van der Waals surface area contributed by atoms with Gasteiger partial charge in [-0.25, -0.2) is 9.78 Å². The van der Waals surface area contributed by atoms with Crippen LogP contribution < -0.4 is 11.2 Å². The van der Waals surface area contributed by atoms with Crippen LogP contribution >= 0.6 is 0 Å². The van der Waals surface area contributed by atoms with Gasteiger partial charge in [0.05, 0.1) is 45.9 Å². The molecule has 8 bridgehead atoms. The van der Waals surface area contributed by atoms with Crippen molar-refractivity contribution in [1.29, 1.82) is 0 Å². The summed E-state index contributed by atoms with van der Waals surface area (Å²) in [5.74, 6) is -2.07. The molecule has 2 amide bonds. The first-order valence-corrected chi connectivity index (χ1v) is 23.8. The predicted molar refractivity (Wildman–Crippen MR) is 255 cm³/mol. The number of carbonyl (C=O) groups is 3. The van der Waals surface area contributed by atoms with E-state index in [-0.39, 0.29) is 50.3 Å². The number of nitrogens with one attached hydrogen (secondary N) is 3. The molecule has 16 nitrogen and oxygen atoms in total. The number of allylic oxidation sites excluding steroid dienone is 2. The maximum Gasteiger partial charge on any atom is 0.330 e. The molecule has 4 N–H and O–H groups in total. The Morgan fingerprint density at radius 1 is 0.910 bits per heavy atom. The number of hydrogen-bond acceptors (Lipinski definition) is 11. The van der Waals surface area contributed by atoms with Crippen LogP contribution in [0.2, 0.25) is 0 Å². The van der Waals surface area contributed by atoms with Gasteiger partial charge in [-0.15, -0.1) is 0 Å². The number of imide groups is 1. The maximum atomic E-state index is 14.9. The molecule has 4 aromatic rings. The lowest BCUT2D eigenvalue weighted by molar-refractivity contribution is -0.150. The van der Waals surface area contributed by atoms with Crippen LogP contribution in [0.5, 0.6) is 0 Å². The van der Waals surface area contributed by atoms with Gasteiger partial charge in [-0.1, -0.05) is 40.5 Å². The quantitative estimate of drug-likeness (QED) is 0.0506. The SMILES string of the molecule is CCCCOC(C)c1c(C)c2cc3nc(c4c5[nH]c(cc6nc(cc1[nH]2)C(C)=C6CC)c(C)c5C(=O)N(CCCC)C4=O)C(CCC(=O)OCC1OC(n2cc(C)c(=O)[nH]c2=O)CC1O)C3C. The summed E-state index contributed by atoms with van der Waals surface area (Å²) in [4.78, 5) is 88.8. The van der Waals surface area contributed by atoms with Crippen LogP contribution in [0.15, 0.2) is 34.0 Å². The number of amides is 2. The number of aliphatic hydroxyl groups is 1. The number of carbonyl (C=O) groups excluding carboxylic acids is 3. The Hall–Kier alpha value is -5.97. The summed E-state index contributed by atoms with van der Waals surface area (Å²) in [5.41, 5.74) is 10.3. The van der Waals surface area contributed by atoms with Gasteiger partial charge in [0.15, 0.2) is 0 Å². The maximum absolute atomic E-state index is 14.9. The zero-order chi connectivity index (χ0) is 48.0. The van der Waals surface area contributed by atoms with E-state index in [4.69, 9.17) is 24.2 Å². The zero-order valence-electron chi connectivity index (χ0n) is 40.1. The average molecular weight is 918 g/mol. The molecule has 6 unspecified atom stereocenters. The Balaban J connectivity index is 1.23. The minimum atomic E-state index is -1.04. The molecule has 16 heteroatoms. The molecule has 4 aliphatic heterocycles. The first kappa shape index (κ1) is 47.5. The summed E-state index contributed by atoms with van der Waals surface area (Å²) in [5, 5.41) is 10.9. The highest BCUT2D eigenvalue weighted by molar-refractivity contribution is 6.23. The van der Waals surface area contributed by atoms with Crippen LogP contribution in [0.1, 0.15) is 183 Å². The standard InChI is InChI=1S/C51H63N7O9/c1-10-13-17-57-49(62)44-29(8)36-20-37-31(12-3)26(5)33(52-37)21-38-43(30(9)65-18-14-11-2)28(7)35(53-38)19-34-27(6)32(46(54-34)45(50(57)63)47(44)55-36)15-16-42(60)66-24-40-39(59)22-41(67-40)58-23-25(4)48(61)56-51(58)64/h19-21,23,27,30,32,39-41,53,55,59H,10-18,22,24H2,1-9H3,(H,56,61,64). The number of rotatable bonds is 15. The van der Waals surface area contributed by atoms with Crippen LogP contribution in [-0.2, 0) is 19.0 Å². The molecule has 0 aliphatic carbocycles. The summed E-state index contributed by atoms with van der Waals surface area (Å²) in [6.07, 6.45) is 2.68. The van der Waals surface area contributed by atoms with E-state index < -0.39 is 47.5 Å². The molecule has 0 aromatic carbocycles. The molecule has 1 saturated heterocycles. The van der Waals surface area contributed by atoms with Crippen LogP contribution in [0.25, 0.3) is 33.2 Å². The number of unbranched alkanes of at least 4 members (excludes halogenated alkanes) is 2. The Morgan fingerprint density at radius 2 is 1.63 bits per heavy atom. The van der Waals surface area contributed by atoms with E-state index in [1.54, 1.807) is 6.92 Å². The van der Waals surface area contributed by atoms with Crippen molar-refractivity contribution in [3.63, 3.8) is 0 Å². The van der Waals surface area contributed by atoms with Crippen LogP contribution in [0.3, 0.4) is 0 Å². The summed E-state index contributed by atoms with van der Waals surface area (Å²) in [6, 6.07) is 6.09. The van der Waals surface area contributed by atoms with E-state index in [1.807, 2.05) is 32.9 Å². The fraction of sp³-hybridized carbons (Fsp3) is 0.510. The van der Waals surface area contributed by atoms with Gasteiger partial charge in [-0.3, -0.25) is 38.6 Å². The minimum absolute atomic E-state index is 0.0525. The topological polar surface area (TPSA) is 215 Å². The van der Waals surface area contributed by atoms with Crippen LogP contribution in [0.4, 0.5) is 0 Å². The van der Waals surface area contributed by atoms with Crippen molar-refractivity contribution in [2.24, 2.45) is 0 Å². The number of aryl methyl sites for hydroxylation is 3. The van der Waals surface area contributed by atoms with Gasteiger partial charge in [-0.05, 0) is 101 Å².